The Morgan fingerprint density at radius 2 is 2.05 bits per heavy atom. The smallest absolute Gasteiger partial charge is 0.138 e. The average Bonchev–Trinajstić information content (AvgIpc) is 2.46. The van der Waals surface area contributed by atoms with Crippen molar-refractivity contribution in [2.24, 2.45) is 0 Å². The van der Waals surface area contributed by atoms with Crippen molar-refractivity contribution >= 4 is 11.6 Å². The molecular formula is C15H16ClNO2. The topological polar surface area (TPSA) is 31.4 Å². The lowest BCUT2D eigenvalue weighted by Gasteiger charge is -2.11. The minimum Gasteiger partial charge on any atom is -0.496 e. The average molecular weight is 278 g/mol. The maximum atomic E-state index is 5.70. The molecule has 0 aliphatic rings. The fourth-order valence-corrected chi connectivity index (χ4v) is 1.91. The second-order valence-corrected chi connectivity index (χ2v) is 4.49. The highest BCUT2D eigenvalue weighted by atomic mass is 35.5. The van der Waals surface area contributed by atoms with Gasteiger partial charge in [0.25, 0.3) is 0 Å². The Morgan fingerprint density at radius 3 is 2.68 bits per heavy atom. The lowest BCUT2D eigenvalue weighted by molar-refractivity contribution is 0.295. The van der Waals surface area contributed by atoms with E-state index in [4.69, 9.17) is 21.1 Å². The minimum atomic E-state index is 0.409. The van der Waals surface area contributed by atoms with Crippen LogP contribution in [-0.4, -0.2) is 12.1 Å². The highest BCUT2D eigenvalue weighted by Gasteiger charge is 2.04. The van der Waals surface area contributed by atoms with E-state index < -0.39 is 0 Å². The number of aromatic nitrogens is 1. The maximum absolute atomic E-state index is 5.70. The van der Waals surface area contributed by atoms with E-state index in [-0.39, 0.29) is 0 Å². The van der Waals surface area contributed by atoms with E-state index in [0.29, 0.717) is 12.5 Å². The van der Waals surface area contributed by atoms with Crippen LogP contribution in [0.2, 0.25) is 0 Å². The van der Waals surface area contributed by atoms with E-state index in [1.165, 1.54) is 5.56 Å². The van der Waals surface area contributed by atoms with Crippen LogP contribution in [0.1, 0.15) is 16.8 Å². The second kappa shape index (κ2) is 6.43. The van der Waals surface area contributed by atoms with Crippen molar-refractivity contribution in [3.63, 3.8) is 0 Å². The Balaban J connectivity index is 2.07. The van der Waals surface area contributed by atoms with Gasteiger partial charge in [-0.05, 0) is 31.2 Å². The van der Waals surface area contributed by atoms with Gasteiger partial charge in [-0.1, -0.05) is 11.6 Å². The number of nitrogens with zero attached hydrogens (tertiary/aromatic N) is 1. The van der Waals surface area contributed by atoms with E-state index in [1.54, 1.807) is 13.3 Å². The molecule has 1 heterocycles. The number of benzene rings is 1. The molecular weight excluding hydrogens is 262 g/mol. The molecule has 3 nitrogen and oxygen atoms in total. The zero-order chi connectivity index (χ0) is 13.7. The molecule has 0 atom stereocenters. The van der Waals surface area contributed by atoms with Crippen molar-refractivity contribution < 1.29 is 9.47 Å². The number of rotatable bonds is 5. The largest absolute Gasteiger partial charge is 0.496 e. The summed E-state index contributed by atoms with van der Waals surface area (Å²) in [5.41, 5.74) is 3.03. The van der Waals surface area contributed by atoms with Gasteiger partial charge in [-0.15, -0.1) is 11.6 Å². The lowest BCUT2D eigenvalue weighted by Crippen LogP contribution is -2.00. The first-order valence-corrected chi connectivity index (χ1v) is 6.53. The SMILES string of the molecule is COc1ccc(C)cc1COc1ccc(CCl)nc1. The monoisotopic (exact) mass is 277 g/mol. The first kappa shape index (κ1) is 13.7. The quantitative estimate of drug-likeness (QED) is 0.781. The molecule has 2 aromatic rings. The number of ether oxygens (including phenoxy) is 2. The number of methoxy groups -OCH3 is 1. The van der Waals surface area contributed by atoms with Gasteiger partial charge in [-0.3, -0.25) is 4.98 Å². The van der Waals surface area contributed by atoms with E-state index in [1.807, 2.05) is 31.2 Å². The molecule has 2 rings (SSSR count). The summed E-state index contributed by atoms with van der Waals surface area (Å²) >= 11 is 5.69. The van der Waals surface area contributed by atoms with Crippen molar-refractivity contribution in [2.45, 2.75) is 19.4 Å². The molecule has 0 radical (unpaired) electrons. The van der Waals surface area contributed by atoms with Crippen LogP contribution >= 0.6 is 11.6 Å². The Hall–Kier alpha value is -1.74. The van der Waals surface area contributed by atoms with Gasteiger partial charge in [0.1, 0.15) is 18.1 Å². The van der Waals surface area contributed by atoms with E-state index in [9.17, 15) is 0 Å². The summed E-state index contributed by atoms with van der Waals surface area (Å²) in [6, 6.07) is 9.74. The molecule has 0 aliphatic heterocycles. The van der Waals surface area contributed by atoms with Crippen molar-refractivity contribution in [1.82, 2.24) is 4.98 Å². The molecule has 0 unspecified atom stereocenters. The summed E-state index contributed by atoms with van der Waals surface area (Å²) in [6.07, 6.45) is 1.68. The van der Waals surface area contributed by atoms with E-state index in [0.717, 1.165) is 22.8 Å². The Kier molecular flexibility index (Phi) is 4.63. The third-order valence-electron chi connectivity index (χ3n) is 2.76. The Morgan fingerprint density at radius 1 is 1.21 bits per heavy atom. The van der Waals surface area contributed by atoms with Crippen LogP contribution in [-0.2, 0) is 12.5 Å². The fourth-order valence-electron chi connectivity index (χ4n) is 1.76. The zero-order valence-corrected chi connectivity index (χ0v) is 11.8. The molecule has 0 amide bonds. The number of aryl methyl sites for hydroxylation is 1. The highest BCUT2D eigenvalue weighted by molar-refractivity contribution is 6.16. The predicted octanol–water partition coefficient (Wildman–Crippen LogP) is 3.72. The molecule has 1 aromatic heterocycles. The summed E-state index contributed by atoms with van der Waals surface area (Å²) in [5.74, 6) is 1.96. The first-order valence-electron chi connectivity index (χ1n) is 6.00. The van der Waals surface area contributed by atoms with Crippen LogP contribution in [0.15, 0.2) is 36.5 Å². The van der Waals surface area contributed by atoms with Crippen LogP contribution < -0.4 is 9.47 Å². The molecule has 0 saturated heterocycles. The van der Waals surface area contributed by atoms with E-state index >= 15 is 0 Å². The van der Waals surface area contributed by atoms with Crippen molar-refractivity contribution in [3.05, 3.63) is 53.3 Å². The van der Waals surface area contributed by atoms with Crippen LogP contribution in [0.5, 0.6) is 11.5 Å². The molecule has 0 bridgehead atoms. The van der Waals surface area contributed by atoms with Crippen LogP contribution in [0.25, 0.3) is 0 Å². The Bertz CT molecular complexity index is 540. The first-order chi connectivity index (χ1) is 9.22. The van der Waals surface area contributed by atoms with Gasteiger partial charge >= 0.3 is 0 Å². The van der Waals surface area contributed by atoms with Gasteiger partial charge in [-0.25, -0.2) is 0 Å². The van der Waals surface area contributed by atoms with Gasteiger partial charge in [-0.2, -0.15) is 0 Å². The van der Waals surface area contributed by atoms with Crippen LogP contribution in [0.3, 0.4) is 0 Å². The van der Waals surface area contributed by atoms with Crippen molar-refractivity contribution in [3.8, 4) is 11.5 Å². The number of halogens is 1. The van der Waals surface area contributed by atoms with E-state index in [2.05, 4.69) is 11.1 Å². The summed E-state index contributed by atoms with van der Waals surface area (Å²) in [5, 5.41) is 0. The molecule has 0 spiro atoms. The summed E-state index contributed by atoms with van der Waals surface area (Å²) in [4.78, 5) is 4.18. The zero-order valence-electron chi connectivity index (χ0n) is 11.0. The highest BCUT2D eigenvalue weighted by Crippen LogP contribution is 2.21. The Labute approximate surface area is 118 Å². The lowest BCUT2D eigenvalue weighted by atomic mass is 10.1. The fraction of sp³-hybridized carbons (Fsp3) is 0.267. The minimum absolute atomic E-state index is 0.409. The van der Waals surface area contributed by atoms with Crippen molar-refractivity contribution in [1.29, 1.82) is 0 Å². The maximum Gasteiger partial charge on any atom is 0.138 e. The van der Waals surface area contributed by atoms with Crippen molar-refractivity contribution in [2.75, 3.05) is 7.11 Å². The molecule has 19 heavy (non-hydrogen) atoms. The second-order valence-electron chi connectivity index (χ2n) is 4.22. The molecule has 0 N–H and O–H groups in total. The van der Waals surface area contributed by atoms with Gasteiger partial charge < -0.3 is 9.47 Å². The van der Waals surface area contributed by atoms with Gasteiger partial charge in [0.05, 0.1) is 24.9 Å². The third-order valence-corrected chi connectivity index (χ3v) is 3.04. The summed E-state index contributed by atoms with van der Waals surface area (Å²) in [7, 11) is 1.66. The number of pyridine rings is 1. The molecule has 1 aromatic carbocycles. The number of alkyl halides is 1. The predicted molar refractivity (Wildman–Crippen MR) is 75.9 cm³/mol. The van der Waals surface area contributed by atoms with Gasteiger partial charge in [0.15, 0.2) is 0 Å². The number of hydrogen-bond donors (Lipinski definition) is 0. The summed E-state index contributed by atoms with van der Waals surface area (Å²) < 4.78 is 11.0. The number of hydrogen-bond acceptors (Lipinski definition) is 3. The molecule has 4 heteroatoms. The van der Waals surface area contributed by atoms with Gasteiger partial charge in [0.2, 0.25) is 0 Å². The molecule has 100 valence electrons. The molecule has 0 saturated carbocycles. The van der Waals surface area contributed by atoms with Gasteiger partial charge in [0, 0.05) is 5.56 Å². The summed E-state index contributed by atoms with van der Waals surface area (Å²) in [6.45, 7) is 2.49. The standard InChI is InChI=1S/C15H16ClNO2/c1-11-3-6-15(18-2)12(7-11)10-19-14-5-4-13(8-16)17-9-14/h3-7,9H,8,10H2,1-2H3. The normalized spacial score (nSPS) is 10.3. The van der Waals surface area contributed by atoms with Crippen LogP contribution in [0, 0.1) is 6.92 Å². The van der Waals surface area contributed by atoms with Crippen LogP contribution in [0.4, 0.5) is 0 Å². The molecule has 0 fully saturated rings. The molecule has 0 aliphatic carbocycles. The third kappa shape index (κ3) is 3.61.